The van der Waals surface area contributed by atoms with Gasteiger partial charge in [-0.3, -0.25) is 4.68 Å². The number of benzene rings is 1. The van der Waals surface area contributed by atoms with E-state index >= 15 is 0 Å². The highest BCUT2D eigenvalue weighted by Crippen LogP contribution is 2.17. The molecule has 0 aliphatic heterocycles. The first-order valence-corrected chi connectivity index (χ1v) is 7.19. The zero-order valence-corrected chi connectivity index (χ0v) is 13.0. The summed E-state index contributed by atoms with van der Waals surface area (Å²) in [6.07, 6.45) is 1.66. The maximum Gasteiger partial charge on any atom is 0.163 e. The molecule has 0 spiro atoms. The fourth-order valence-electron chi connectivity index (χ4n) is 2.00. The second kappa shape index (κ2) is 5.79. The maximum atomic E-state index is 5.90. The van der Waals surface area contributed by atoms with Crippen molar-refractivity contribution in [2.45, 2.75) is 13.2 Å². The lowest BCUT2D eigenvalue weighted by Crippen LogP contribution is -2.04. The summed E-state index contributed by atoms with van der Waals surface area (Å²) in [6, 6.07) is 7.97. The highest BCUT2D eigenvalue weighted by molar-refractivity contribution is 9.10. The maximum absolute atomic E-state index is 5.90. The van der Waals surface area contributed by atoms with Crippen LogP contribution in [0, 0.1) is 0 Å². The number of nitrogen functional groups attached to an aromatic ring is 1. The topological polar surface area (TPSA) is 78.9 Å². The van der Waals surface area contributed by atoms with Gasteiger partial charge in [0.15, 0.2) is 11.5 Å². The van der Waals surface area contributed by atoms with Crippen molar-refractivity contribution in [2.24, 2.45) is 7.05 Å². The lowest BCUT2D eigenvalue weighted by molar-refractivity contribution is 0.102. The summed E-state index contributed by atoms with van der Waals surface area (Å²) < 4.78 is 8.36. The standard InChI is InChI=1S/C14H14BrN5O/c1-20-14-11(6-17-20)13(16)18-12(19-14)8-21-7-9-2-4-10(15)5-3-9/h2-6H,7-8H2,1H3,(H2,16,18,19). The Morgan fingerprint density at radius 3 is 2.71 bits per heavy atom. The number of nitrogens with zero attached hydrogens (tertiary/aromatic N) is 4. The summed E-state index contributed by atoms with van der Waals surface area (Å²) >= 11 is 3.40. The molecular formula is C14H14BrN5O. The van der Waals surface area contributed by atoms with Crippen LogP contribution in [-0.2, 0) is 25.0 Å². The van der Waals surface area contributed by atoms with Crippen LogP contribution in [0.15, 0.2) is 34.9 Å². The molecule has 0 radical (unpaired) electrons. The largest absolute Gasteiger partial charge is 0.383 e. The minimum absolute atomic E-state index is 0.307. The van der Waals surface area contributed by atoms with Crippen molar-refractivity contribution >= 4 is 32.8 Å². The highest BCUT2D eigenvalue weighted by atomic mass is 79.9. The highest BCUT2D eigenvalue weighted by Gasteiger charge is 2.09. The molecule has 0 amide bonds. The van der Waals surface area contributed by atoms with Crippen molar-refractivity contribution in [1.29, 1.82) is 0 Å². The molecule has 21 heavy (non-hydrogen) atoms. The first-order chi connectivity index (χ1) is 10.1. The van der Waals surface area contributed by atoms with Crippen molar-refractivity contribution in [2.75, 3.05) is 5.73 Å². The molecule has 0 unspecified atom stereocenters. The fraction of sp³-hybridized carbons (Fsp3) is 0.214. The van der Waals surface area contributed by atoms with Crippen LogP contribution in [0.5, 0.6) is 0 Å². The molecule has 0 aliphatic carbocycles. The molecule has 108 valence electrons. The number of aromatic nitrogens is 4. The van der Waals surface area contributed by atoms with E-state index in [2.05, 4.69) is 31.0 Å². The van der Waals surface area contributed by atoms with E-state index in [0.717, 1.165) is 15.4 Å². The van der Waals surface area contributed by atoms with Gasteiger partial charge in [0.05, 0.1) is 18.2 Å². The molecule has 2 heterocycles. The van der Waals surface area contributed by atoms with Crippen LogP contribution in [0.4, 0.5) is 5.82 Å². The molecule has 3 rings (SSSR count). The molecule has 6 nitrogen and oxygen atoms in total. The van der Waals surface area contributed by atoms with Gasteiger partial charge >= 0.3 is 0 Å². The van der Waals surface area contributed by atoms with E-state index in [9.17, 15) is 0 Å². The predicted octanol–water partition coefficient (Wildman–Crippen LogP) is 2.42. The number of nitrogens with two attached hydrogens (primary N) is 1. The Morgan fingerprint density at radius 2 is 1.95 bits per heavy atom. The summed E-state index contributed by atoms with van der Waals surface area (Å²) in [5.41, 5.74) is 7.71. The number of halogens is 1. The van der Waals surface area contributed by atoms with Crippen molar-refractivity contribution < 1.29 is 4.74 Å². The van der Waals surface area contributed by atoms with Gasteiger partial charge in [0.1, 0.15) is 12.4 Å². The third kappa shape index (κ3) is 3.03. The average molecular weight is 348 g/mol. The van der Waals surface area contributed by atoms with Crippen LogP contribution in [0.3, 0.4) is 0 Å². The molecule has 0 fully saturated rings. The van der Waals surface area contributed by atoms with Gasteiger partial charge in [-0.15, -0.1) is 0 Å². The van der Waals surface area contributed by atoms with Gasteiger partial charge in [0.2, 0.25) is 0 Å². The Labute approximate surface area is 130 Å². The number of ether oxygens (including phenoxy) is 1. The number of hydrogen-bond donors (Lipinski definition) is 1. The lowest BCUT2D eigenvalue weighted by atomic mass is 10.2. The van der Waals surface area contributed by atoms with E-state index in [1.54, 1.807) is 10.9 Å². The molecule has 0 aliphatic rings. The normalized spacial score (nSPS) is 11.1. The third-order valence-electron chi connectivity index (χ3n) is 3.08. The fourth-order valence-corrected chi connectivity index (χ4v) is 2.26. The number of aryl methyl sites for hydroxylation is 1. The predicted molar refractivity (Wildman–Crippen MR) is 83.4 cm³/mol. The zero-order chi connectivity index (χ0) is 14.8. The molecule has 0 saturated heterocycles. The SMILES string of the molecule is Cn1ncc2c(N)nc(COCc3ccc(Br)cc3)nc21. The lowest BCUT2D eigenvalue weighted by Gasteiger charge is -2.05. The van der Waals surface area contributed by atoms with E-state index in [0.29, 0.717) is 30.5 Å². The summed E-state index contributed by atoms with van der Waals surface area (Å²) in [7, 11) is 1.82. The van der Waals surface area contributed by atoms with Gasteiger partial charge in [-0.05, 0) is 17.7 Å². The number of anilines is 1. The van der Waals surface area contributed by atoms with Crippen LogP contribution >= 0.6 is 15.9 Å². The Bertz CT molecular complexity index is 769. The first kappa shape index (κ1) is 14.0. The molecule has 3 aromatic rings. The monoisotopic (exact) mass is 347 g/mol. The van der Waals surface area contributed by atoms with Gasteiger partial charge in [-0.2, -0.15) is 5.10 Å². The molecule has 2 N–H and O–H groups in total. The van der Waals surface area contributed by atoms with E-state index in [1.807, 2.05) is 31.3 Å². The Morgan fingerprint density at radius 1 is 1.19 bits per heavy atom. The second-order valence-electron chi connectivity index (χ2n) is 4.65. The Balaban J connectivity index is 1.70. The minimum Gasteiger partial charge on any atom is -0.383 e. The molecule has 0 atom stereocenters. The van der Waals surface area contributed by atoms with Crippen LogP contribution in [0.1, 0.15) is 11.4 Å². The van der Waals surface area contributed by atoms with E-state index < -0.39 is 0 Å². The van der Waals surface area contributed by atoms with Crippen LogP contribution in [0.2, 0.25) is 0 Å². The van der Waals surface area contributed by atoms with Crippen molar-refractivity contribution in [3.8, 4) is 0 Å². The molecular weight excluding hydrogens is 334 g/mol. The zero-order valence-electron chi connectivity index (χ0n) is 11.5. The van der Waals surface area contributed by atoms with Crippen molar-refractivity contribution in [3.05, 3.63) is 46.3 Å². The van der Waals surface area contributed by atoms with Crippen molar-refractivity contribution in [1.82, 2.24) is 19.7 Å². The van der Waals surface area contributed by atoms with Gasteiger partial charge in [0, 0.05) is 11.5 Å². The van der Waals surface area contributed by atoms with Gasteiger partial charge < -0.3 is 10.5 Å². The third-order valence-corrected chi connectivity index (χ3v) is 3.61. The number of rotatable bonds is 4. The van der Waals surface area contributed by atoms with Gasteiger partial charge in [-0.25, -0.2) is 9.97 Å². The minimum atomic E-state index is 0.307. The summed E-state index contributed by atoms with van der Waals surface area (Å²) in [6.45, 7) is 0.807. The smallest absolute Gasteiger partial charge is 0.163 e. The van der Waals surface area contributed by atoms with E-state index in [4.69, 9.17) is 10.5 Å². The van der Waals surface area contributed by atoms with E-state index in [-0.39, 0.29) is 0 Å². The summed E-state index contributed by atoms with van der Waals surface area (Å²) in [5.74, 6) is 0.982. The molecule has 1 aromatic carbocycles. The summed E-state index contributed by atoms with van der Waals surface area (Å²) in [4.78, 5) is 8.66. The average Bonchev–Trinajstić information content (AvgIpc) is 2.83. The van der Waals surface area contributed by atoms with E-state index in [1.165, 1.54) is 0 Å². The van der Waals surface area contributed by atoms with Crippen LogP contribution in [-0.4, -0.2) is 19.7 Å². The van der Waals surface area contributed by atoms with Crippen LogP contribution in [0.25, 0.3) is 11.0 Å². The second-order valence-corrected chi connectivity index (χ2v) is 5.57. The molecule has 2 aromatic heterocycles. The summed E-state index contributed by atoms with van der Waals surface area (Å²) in [5, 5.41) is 4.88. The van der Waals surface area contributed by atoms with Gasteiger partial charge in [0.25, 0.3) is 0 Å². The number of fused-ring (bicyclic) bond motifs is 1. The Kier molecular flexibility index (Phi) is 3.85. The molecule has 7 heteroatoms. The Hall–Kier alpha value is -1.99. The van der Waals surface area contributed by atoms with Crippen LogP contribution < -0.4 is 5.73 Å². The van der Waals surface area contributed by atoms with Gasteiger partial charge in [-0.1, -0.05) is 28.1 Å². The molecule has 0 bridgehead atoms. The number of hydrogen-bond acceptors (Lipinski definition) is 5. The molecule has 0 saturated carbocycles. The first-order valence-electron chi connectivity index (χ1n) is 6.40. The van der Waals surface area contributed by atoms with Crippen molar-refractivity contribution in [3.63, 3.8) is 0 Å². The quantitative estimate of drug-likeness (QED) is 0.783.